The zero-order valence-electron chi connectivity index (χ0n) is 19.9. The van der Waals surface area contributed by atoms with Crippen LogP contribution in [-0.2, 0) is 17.3 Å². The van der Waals surface area contributed by atoms with Crippen LogP contribution < -0.4 is 10.5 Å². The van der Waals surface area contributed by atoms with E-state index in [1.54, 1.807) is 16.5 Å². The van der Waals surface area contributed by atoms with Crippen LogP contribution in [0.5, 0.6) is 0 Å². The number of likely N-dealkylation sites (N-methyl/N-ethyl adjacent to an activating group) is 1. The Morgan fingerprint density at radius 3 is 2.36 bits per heavy atom. The van der Waals surface area contributed by atoms with E-state index in [0.717, 1.165) is 39.2 Å². The van der Waals surface area contributed by atoms with Gasteiger partial charge in [0.1, 0.15) is 5.82 Å². The Labute approximate surface area is 193 Å². The molecule has 0 saturated heterocycles. The van der Waals surface area contributed by atoms with Crippen LogP contribution in [0.1, 0.15) is 43.5 Å². The Hall–Kier alpha value is -3.67. The fourth-order valence-electron chi connectivity index (χ4n) is 5.03. The molecule has 33 heavy (non-hydrogen) atoms. The molecule has 0 unspecified atom stereocenters. The van der Waals surface area contributed by atoms with E-state index in [4.69, 9.17) is 4.98 Å². The lowest BCUT2D eigenvalue weighted by Crippen LogP contribution is -2.33. The number of rotatable bonds is 3. The minimum absolute atomic E-state index is 0.00258. The number of carbonyl (C=O) groups is 1. The maximum absolute atomic E-state index is 12.9. The number of imidazole rings is 1. The first-order chi connectivity index (χ1) is 15.6. The smallest absolute Gasteiger partial charge is 0.253 e. The maximum Gasteiger partial charge on any atom is 0.253 e. The SMILES string of the molecule is Cc1cc(-c2nc3cc4c(cc3n2[C@@H](C)c2ccccc2)N(C)C(=O)C4(C)C)cn(C)c1=O. The number of aryl methyl sites for hydroxylation is 2. The van der Waals surface area contributed by atoms with Gasteiger partial charge in [0.05, 0.1) is 22.5 Å². The van der Waals surface area contributed by atoms with Crippen LogP contribution in [0.2, 0.25) is 0 Å². The van der Waals surface area contributed by atoms with Crippen molar-refractivity contribution < 1.29 is 4.79 Å². The van der Waals surface area contributed by atoms with Crippen molar-refractivity contribution in [2.45, 2.75) is 39.2 Å². The van der Waals surface area contributed by atoms with Crippen molar-refractivity contribution >= 4 is 22.6 Å². The fourth-order valence-corrected chi connectivity index (χ4v) is 5.03. The van der Waals surface area contributed by atoms with E-state index >= 15 is 0 Å². The molecule has 1 amide bonds. The number of hydrogen-bond donors (Lipinski definition) is 0. The molecule has 168 valence electrons. The van der Waals surface area contributed by atoms with Crippen molar-refractivity contribution in [3.05, 3.63) is 81.8 Å². The second-order valence-corrected chi connectivity index (χ2v) is 9.57. The summed E-state index contributed by atoms with van der Waals surface area (Å²) >= 11 is 0. The number of nitrogens with zero attached hydrogens (tertiary/aromatic N) is 4. The largest absolute Gasteiger partial charge is 0.318 e. The summed E-state index contributed by atoms with van der Waals surface area (Å²) in [7, 11) is 3.60. The van der Waals surface area contributed by atoms with Crippen molar-refractivity contribution in [2.75, 3.05) is 11.9 Å². The van der Waals surface area contributed by atoms with Gasteiger partial charge in [-0.25, -0.2) is 4.98 Å². The molecule has 0 aliphatic carbocycles. The molecule has 4 aromatic rings. The molecule has 1 aliphatic rings. The van der Waals surface area contributed by atoms with Gasteiger partial charge in [-0.3, -0.25) is 9.59 Å². The fraction of sp³-hybridized carbons (Fsp3) is 0.296. The van der Waals surface area contributed by atoms with Crippen LogP contribution in [0, 0.1) is 6.92 Å². The van der Waals surface area contributed by atoms with Crippen LogP contribution in [0.25, 0.3) is 22.4 Å². The van der Waals surface area contributed by atoms with Gasteiger partial charge in [0, 0.05) is 37.1 Å². The van der Waals surface area contributed by atoms with Crippen molar-refractivity contribution in [3.63, 3.8) is 0 Å². The van der Waals surface area contributed by atoms with Gasteiger partial charge in [-0.1, -0.05) is 30.3 Å². The molecule has 2 aromatic carbocycles. The minimum Gasteiger partial charge on any atom is -0.318 e. The summed E-state index contributed by atoms with van der Waals surface area (Å²) in [4.78, 5) is 32.0. The van der Waals surface area contributed by atoms with Gasteiger partial charge >= 0.3 is 0 Å². The molecule has 2 aromatic heterocycles. The molecule has 6 heteroatoms. The van der Waals surface area contributed by atoms with Gasteiger partial charge in [-0.05, 0) is 57.0 Å². The number of benzene rings is 2. The predicted molar refractivity (Wildman–Crippen MR) is 132 cm³/mol. The molecule has 0 saturated carbocycles. The van der Waals surface area contributed by atoms with Gasteiger partial charge in [0.2, 0.25) is 5.91 Å². The summed E-state index contributed by atoms with van der Waals surface area (Å²) in [6, 6.07) is 16.3. The van der Waals surface area contributed by atoms with Crippen LogP contribution in [0.3, 0.4) is 0 Å². The summed E-state index contributed by atoms with van der Waals surface area (Å²) in [5.74, 6) is 0.886. The first-order valence-corrected chi connectivity index (χ1v) is 11.2. The first-order valence-electron chi connectivity index (χ1n) is 11.2. The van der Waals surface area contributed by atoms with Crippen LogP contribution in [-0.4, -0.2) is 27.1 Å². The minimum atomic E-state index is -0.597. The predicted octanol–water partition coefficient (Wildman–Crippen LogP) is 4.57. The van der Waals surface area contributed by atoms with E-state index in [1.807, 2.05) is 58.3 Å². The zero-order valence-corrected chi connectivity index (χ0v) is 19.9. The van der Waals surface area contributed by atoms with Gasteiger partial charge in [-0.2, -0.15) is 0 Å². The Morgan fingerprint density at radius 1 is 1.00 bits per heavy atom. The molecule has 0 fully saturated rings. The third-order valence-corrected chi connectivity index (χ3v) is 6.97. The molecule has 3 heterocycles. The third kappa shape index (κ3) is 3.04. The lowest BCUT2D eigenvalue weighted by Gasteiger charge is -2.19. The van der Waals surface area contributed by atoms with E-state index in [9.17, 15) is 9.59 Å². The molecule has 0 bridgehead atoms. The second kappa shape index (κ2) is 7.17. The van der Waals surface area contributed by atoms with Crippen LogP contribution >= 0.6 is 0 Å². The van der Waals surface area contributed by atoms with Crippen molar-refractivity contribution in [2.24, 2.45) is 7.05 Å². The van der Waals surface area contributed by atoms with E-state index in [-0.39, 0.29) is 17.5 Å². The molecular formula is C27H28N4O2. The second-order valence-electron chi connectivity index (χ2n) is 9.57. The molecule has 6 nitrogen and oxygen atoms in total. The number of fused-ring (bicyclic) bond motifs is 2. The quantitative estimate of drug-likeness (QED) is 0.469. The molecule has 1 aliphatic heterocycles. The summed E-state index contributed by atoms with van der Waals surface area (Å²) in [6.07, 6.45) is 1.85. The van der Waals surface area contributed by atoms with Crippen molar-refractivity contribution in [1.82, 2.24) is 14.1 Å². The van der Waals surface area contributed by atoms with Gasteiger partial charge < -0.3 is 14.0 Å². The van der Waals surface area contributed by atoms with Crippen LogP contribution in [0.15, 0.2) is 59.5 Å². The molecule has 1 atom stereocenters. The Morgan fingerprint density at radius 2 is 1.70 bits per heavy atom. The average molecular weight is 441 g/mol. The topological polar surface area (TPSA) is 60.1 Å². The lowest BCUT2D eigenvalue weighted by atomic mass is 9.86. The van der Waals surface area contributed by atoms with E-state index in [1.165, 1.54) is 0 Å². The van der Waals surface area contributed by atoms with E-state index < -0.39 is 5.41 Å². The Bertz CT molecular complexity index is 1450. The summed E-state index contributed by atoms with van der Waals surface area (Å²) in [5.41, 5.74) is 5.82. The van der Waals surface area contributed by atoms with E-state index in [0.29, 0.717) is 5.56 Å². The summed E-state index contributed by atoms with van der Waals surface area (Å²) < 4.78 is 3.82. The number of hydrogen-bond acceptors (Lipinski definition) is 3. The monoisotopic (exact) mass is 440 g/mol. The highest BCUT2D eigenvalue weighted by Gasteiger charge is 2.43. The Kier molecular flexibility index (Phi) is 4.60. The molecule has 0 spiro atoms. The highest BCUT2D eigenvalue weighted by Crippen LogP contribution is 2.44. The zero-order chi connectivity index (χ0) is 23.7. The third-order valence-electron chi connectivity index (χ3n) is 6.97. The van der Waals surface area contributed by atoms with Gasteiger partial charge in [0.25, 0.3) is 5.56 Å². The molecule has 0 N–H and O–H groups in total. The molecule has 5 rings (SSSR count). The van der Waals surface area contributed by atoms with E-state index in [2.05, 4.69) is 35.8 Å². The first kappa shape index (κ1) is 21.2. The van der Waals surface area contributed by atoms with Gasteiger partial charge in [0.15, 0.2) is 0 Å². The standard InChI is InChI=1S/C27H28N4O2/c1-16-12-19(15-29(5)25(16)32)24-28-21-13-20-22(30(6)26(33)27(20,3)4)14-23(21)31(24)17(2)18-10-8-7-9-11-18/h7-15,17H,1-6H3/t17-/m0/s1. The summed E-state index contributed by atoms with van der Waals surface area (Å²) in [6.45, 7) is 7.91. The number of carbonyl (C=O) groups excluding carboxylic acids is 1. The van der Waals surface area contributed by atoms with Gasteiger partial charge in [-0.15, -0.1) is 0 Å². The summed E-state index contributed by atoms with van der Waals surface area (Å²) in [5, 5.41) is 0. The molecular weight excluding hydrogens is 412 g/mol. The highest BCUT2D eigenvalue weighted by molar-refractivity contribution is 6.09. The highest BCUT2D eigenvalue weighted by atomic mass is 16.2. The van der Waals surface area contributed by atoms with Crippen molar-refractivity contribution in [1.29, 1.82) is 0 Å². The number of pyridine rings is 1. The number of anilines is 1. The average Bonchev–Trinajstić information content (AvgIpc) is 3.25. The van der Waals surface area contributed by atoms with Crippen molar-refractivity contribution in [3.8, 4) is 11.4 Å². The Balaban J connectivity index is 1.84. The number of amides is 1. The number of aromatic nitrogens is 3. The van der Waals surface area contributed by atoms with Crippen LogP contribution in [0.4, 0.5) is 5.69 Å². The normalized spacial score (nSPS) is 15.8. The lowest BCUT2D eigenvalue weighted by molar-refractivity contribution is -0.121. The maximum atomic E-state index is 12.9. The molecule has 0 radical (unpaired) electrons.